The van der Waals surface area contributed by atoms with Crippen LogP contribution in [0.4, 0.5) is 5.82 Å². The second-order valence-corrected chi connectivity index (χ2v) is 3.40. The number of rotatable bonds is 3. The molecule has 0 aliphatic heterocycles. The standard InChI is InChI=1S/C10H14N2O2/c1-7-4-8(2)10(11-5-7)12(3)6-9(13)14/h4-5H,6H2,1-3H3,(H,13,14). The summed E-state index contributed by atoms with van der Waals surface area (Å²) in [6.07, 6.45) is 1.74. The maximum absolute atomic E-state index is 10.5. The fourth-order valence-electron chi connectivity index (χ4n) is 1.39. The Bertz CT molecular complexity index is 350. The Morgan fingerprint density at radius 2 is 2.21 bits per heavy atom. The number of aliphatic carboxylic acids is 1. The van der Waals surface area contributed by atoms with E-state index in [4.69, 9.17) is 5.11 Å². The third kappa shape index (κ3) is 2.45. The van der Waals surface area contributed by atoms with Crippen molar-refractivity contribution in [3.8, 4) is 0 Å². The van der Waals surface area contributed by atoms with Crippen molar-refractivity contribution >= 4 is 11.8 Å². The number of anilines is 1. The van der Waals surface area contributed by atoms with Gasteiger partial charge in [0, 0.05) is 13.2 Å². The van der Waals surface area contributed by atoms with Crippen molar-refractivity contribution in [3.63, 3.8) is 0 Å². The van der Waals surface area contributed by atoms with E-state index in [-0.39, 0.29) is 6.54 Å². The van der Waals surface area contributed by atoms with E-state index >= 15 is 0 Å². The Morgan fingerprint density at radius 1 is 1.57 bits per heavy atom. The summed E-state index contributed by atoms with van der Waals surface area (Å²) in [4.78, 5) is 16.3. The lowest BCUT2D eigenvalue weighted by Gasteiger charge is -2.17. The van der Waals surface area contributed by atoms with Crippen LogP contribution >= 0.6 is 0 Å². The molecule has 4 heteroatoms. The predicted molar refractivity (Wildman–Crippen MR) is 54.6 cm³/mol. The molecule has 1 rings (SSSR count). The monoisotopic (exact) mass is 194 g/mol. The molecule has 0 aliphatic rings. The highest BCUT2D eigenvalue weighted by molar-refractivity contribution is 5.73. The molecule has 1 aromatic rings. The Hall–Kier alpha value is -1.58. The van der Waals surface area contributed by atoms with E-state index in [1.54, 1.807) is 18.1 Å². The van der Waals surface area contributed by atoms with Crippen molar-refractivity contribution in [2.45, 2.75) is 13.8 Å². The Kier molecular flexibility index (Phi) is 3.06. The summed E-state index contributed by atoms with van der Waals surface area (Å²) in [7, 11) is 1.72. The van der Waals surface area contributed by atoms with Gasteiger partial charge in [0.1, 0.15) is 12.4 Å². The smallest absolute Gasteiger partial charge is 0.323 e. The maximum Gasteiger partial charge on any atom is 0.323 e. The number of aryl methyl sites for hydroxylation is 2. The van der Waals surface area contributed by atoms with Gasteiger partial charge < -0.3 is 10.0 Å². The van der Waals surface area contributed by atoms with Crippen molar-refractivity contribution < 1.29 is 9.90 Å². The Balaban J connectivity index is 2.90. The van der Waals surface area contributed by atoms with Crippen molar-refractivity contribution in [2.24, 2.45) is 0 Å². The summed E-state index contributed by atoms with van der Waals surface area (Å²) in [6, 6.07) is 1.99. The fourth-order valence-corrected chi connectivity index (χ4v) is 1.39. The van der Waals surface area contributed by atoms with Crippen LogP contribution in [0.2, 0.25) is 0 Å². The van der Waals surface area contributed by atoms with Crippen LogP contribution in [0, 0.1) is 13.8 Å². The van der Waals surface area contributed by atoms with Crippen molar-refractivity contribution in [1.29, 1.82) is 0 Å². The molecule has 0 spiro atoms. The van der Waals surface area contributed by atoms with Gasteiger partial charge in [-0.25, -0.2) is 4.98 Å². The number of aromatic nitrogens is 1. The van der Waals surface area contributed by atoms with Crippen LogP contribution in [0.1, 0.15) is 11.1 Å². The summed E-state index contributed by atoms with van der Waals surface area (Å²) < 4.78 is 0. The number of pyridine rings is 1. The van der Waals surface area contributed by atoms with Gasteiger partial charge in [0.15, 0.2) is 0 Å². The zero-order valence-electron chi connectivity index (χ0n) is 8.61. The minimum Gasteiger partial charge on any atom is -0.480 e. The van der Waals surface area contributed by atoms with E-state index in [0.29, 0.717) is 0 Å². The molecule has 0 amide bonds. The highest BCUT2D eigenvalue weighted by Crippen LogP contribution is 2.15. The summed E-state index contributed by atoms with van der Waals surface area (Å²) >= 11 is 0. The third-order valence-electron chi connectivity index (χ3n) is 1.92. The van der Waals surface area contributed by atoms with Crippen LogP contribution in [-0.2, 0) is 4.79 Å². The average molecular weight is 194 g/mol. The van der Waals surface area contributed by atoms with E-state index in [1.165, 1.54) is 0 Å². The van der Waals surface area contributed by atoms with Crippen LogP contribution in [-0.4, -0.2) is 29.7 Å². The van der Waals surface area contributed by atoms with E-state index in [0.717, 1.165) is 16.9 Å². The van der Waals surface area contributed by atoms with Gasteiger partial charge in [-0.3, -0.25) is 4.79 Å². The number of hydrogen-bond donors (Lipinski definition) is 1. The van der Waals surface area contributed by atoms with E-state index in [1.807, 2.05) is 19.9 Å². The first-order valence-electron chi connectivity index (χ1n) is 4.37. The number of carbonyl (C=O) groups is 1. The molecular weight excluding hydrogens is 180 g/mol. The van der Waals surface area contributed by atoms with Gasteiger partial charge in [-0.05, 0) is 25.0 Å². The molecule has 0 unspecified atom stereocenters. The van der Waals surface area contributed by atoms with E-state index < -0.39 is 5.97 Å². The molecule has 0 aromatic carbocycles. The predicted octanol–water partition coefficient (Wildman–Crippen LogP) is 1.22. The van der Waals surface area contributed by atoms with E-state index in [2.05, 4.69) is 4.98 Å². The second kappa shape index (κ2) is 4.09. The van der Waals surface area contributed by atoms with Crippen LogP contribution < -0.4 is 4.90 Å². The molecule has 0 atom stereocenters. The molecule has 1 heterocycles. The molecular formula is C10H14N2O2. The van der Waals surface area contributed by atoms with Gasteiger partial charge in [-0.1, -0.05) is 6.07 Å². The van der Waals surface area contributed by atoms with Gasteiger partial charge in [0.25, 0.3) is 0 Å². The first-order chi connectivity index (χ1) is 6.50. The molecule has 1 aromatic heterocycles. The third-order valence-corrected chi connectivity index (χ3v) is 1.92. The Morgan fingerprint density at radius 3 is 2.71 bits per heavy atom. The molecule has 14 heavy (non-hydrogen) atoms. The number of carboxylic acid groups (broad SMARTS) is 1. The molecule has 0 aliphatic carbocycles. The molecule has 76 valence electrons. The average Bonchev–Trinajstić information content (AvgIpc) is 2.01. The summed E-state index contributed by atoms with van der Waals surface area (Å²) in [5, 5.41) is 8.62. The van der Waals surface area contributed by atoms with Crippen LogP contribution in [0.25, 0.3) is 0 Å². The first kappa shape index (κ1) is 10.5. The molecule has 0 saturated heterocycles. The van der Waals surface area contributed by atoms with Crippen molar-refractivity contribution in [3.05, 3.63) is 23.4 Å². The summed E-state index contributed by atoms with van der Waals surface area (Å²) in [5.74, 6) is -0.132. The van der Waals surface area contributed by atoms with Crippen LogP contribution in [0.3, 0.4) is 0 Å². The maximum atomic E-state index is 10.5. The number of nitrogens with zero attached hydrogens (tertiary/aromatic N) is 2. The molecule has 0 saturated carbocycles. The normalized spacial score (nSPS) is 9.93. The van der Waals surface area contributed by atoms with Crippen molar-refractivity contribution in [2.75, 3.05) is 18.5 Å². The van der Waals surface area contributed by atoms with E-state index in [9.17, 15) is 4.79 Å². The van der Waals surface area contributed by atoms with Gasteiger partial charge in [0.2, 0.25) is 0 Å². The number of hydrogen-bond acceptors (Lipinski definition) is 3. The second-order valence-electron chi connectivity index (χ2n) is 3.40. The first-order valence-corrected chi connectivity index (χ1v) is 4.37. The largest absolute Gasteiger partial charge is 0.480 e. The zero-order chi connectivity index (χ0) is 10.7. The molecule has 1 N–H and O–H groups in total. The van der Waals surface area contributed by atoms with Crippen LogP contribution in [0.15, 0.2) is 12.3 Å². The minimum absolute atomic E-state index is 0.0309. The SMILES string of the molecule is Cc1cnc(N(C)CC(=O)O)c(C)c1. The molecule has 0 bridgehead atoms. The summed E-state index contributed by atoms with van der Waals surface area (Å²) in [5.41, 5.74) is 2.07. The zero-order valence-corrected chi connectivity index (χ0v) is 8.61. The molecule has 0 radical (unpaired) electrons. The number of carboxylic acids is 1. The lowest BCUT2D eigenvalue weighted by molar-refractivity contribution is -0.135. The quantitative estimate of drug-likeness (QED) is 0.786. The van der Waals surface area contributed by atoms with Crippen LogP contribution in [0.5, 0.6) is 0 Å². The van der Waals surface area contributed by atoms with Gasteiger partial charge in [-0.15, -0.1) is 0 Å². The minimum atomic E-state index is -0.853. The molecule has 0 fully saturated rings. The van der Waals surface area contributed by atoms with Gasteiger partial charge in [0.05, 0.1) is 0 Å². The van der Waals surface area contributed by atoms with Crippen molar-refractivity contribution in [1.82, 2.24) is 4.98 Å². The van der Waals surface area contributed by atoms with Gasteiger partial charge in [-0.2, -0.15) is 0 Å². The fraction of sp³-hybridized carbons (Fsp3) is 0.400. The topological polar surface area (TPSA) is 53.4 Å². The lowest BCUT2D eigenvalue weighted by Crippen LogP contribution is -2.26. The Labute approximate surface area is 83.2 Å². The van der Waals surface area contributed by atoms with Gasteiger partial charge >= 0.3 is 5.97 Å². The summed E-state index contributed by atoms with van der Waals surface area (Å²) in [6.45, 7) is 3.85. The highest BCUT2D eigenvalue weighted by Gasteiger charge is 2.09. The molecule has 4 nitrogen and oxygen atoms in total. The lowest BCUT2D eigenvalue weighted by atomic mass is 10.2. The number of likely N-dealkylation sites (N-methyl/N-ethyl adjacent to an activating group) is 1. The highest BCUT2D eigenvalue weighted by atomic mass is 16.4.